The minimum Gasteiger partial charge on any atom is -0.368 e. The van der Waals surface area contributed by atoms with Crippen LogP contribution < -0.4 is 5.32 Å². The molecule has 1 N–H and O–H groups in total. The van der Waals surface area contributed by atoms with Crippen LogP contribution in [0.4, 0.5) is 19.0 Å². The van der Waals surface area contributed by atoms with Gasteiger partial charge in [0, 0.05) is 6.04 Å². The number of hydrogen-bond acceptors (Lipinski definition) is 2. The van der Waals surface area contributed by atoms with E-state index in [9.17, 15) is 13.2 Å². The topological polar surface area (TPSA) is 24.9 Å². The maximum Gasteiger partial charge on any atom is 0.416 e. The summed E-state index contributed by atoms with van der Waals surface area (Å²) < 4.78 is 37.9. The molecule has 0 fully saturated rings. The number of halogens is 4. The van der Waals surface area contributed by atoms with Gasteiger partial charge in [-0.3, -0.25) is 0 Å². The largest absolute Gasteiger partial charge is 0.416 e. The number of anilines is 1. The average Bonchev–Trinajstić information content (AvgIpc) is 2.26. The molecule has 0 radical (unpaired) electrons. The number of nitrogens with zero attached hydrogens (tertiary/aromatic N) is 1. The molecule has 1 aromatic rings. The summed E-state index contributed by atoms with van der Waals surface area (Å²) in [6, 6.07) is 1.85. The highest BCUT2D eigenvalue weighted by Crippen LogP contribution is 2.32. The second-order valence-corrected chi connectivity index (χ2v) is 5.24. The molecule has 2 nitrogen and oxygen atoms in total. The lowest BCUT2D eigenvalue weighted by molar-refractivity contribution is -0.137. The van der Waals surface area contributed by atoms with Gasteiger partial charge in [-0.25, -0.2) is 4.98 Å². The second kappa shape index (κ2) is 6.46. The van der Waals surface area contributed by atoms with Crippen molar-refractivity contribution >= 4 is 17.4 Å². The van der Waals surface area contributed by atoms with Gasteiger partial charge in [-0.05, 0) is 31.4 Å². The molecular weight excluding hydrogens is 277 g/mol. The quantitative estimate of drug-likeness (QED) is 0.774. The number of alkyl halides is 3. The summed E-state index contributed by atoms with van der Waals surface area (Å²) in [7, 11) is 0. The Labute approximate surface area is 116 Å². The van der Waals surface area contributed by atoms with Crippen molar-refractivity contribution in [2.75, 3.05) is 5.32 Å². The SMILES string of the molecule is CCC(C)CC(C)Nc1cc(C(F)(F)F)cc(Cl)n1. The molecule has 0 saturated carbocycles. The predicted octanol–water partition coefficient (Wildman–Crippen LogP) is 4.99. The van der Waals surface area contributed by atoms with E-state index in [4.69, 9.17) is 11.6 Å². The van der Waals surface area contributed by atoms with E-state index in [-0.39, 0.29) is 17.0 Å². The van der Waals surface area contributed by atoms with Gasteiger partial charge in [-0.2, -0.15) is 13.2 Å². The maximum atomic E-state index is 12.6. The smallest absolute Gasteiger partial charge is 0.368 e. The normalized spacial score (nSPS) is 15.1. The van der Waals surface area contributed by atoms with Gasteiger partial charge in [0.1, 0.15) is 11.0 Å². The van der Waals surface area contributed by atoms with Crippen molar-refractivity contribution in [3.8, 4) is 0 Å². The molecular formula is C13H18ClF3N2. The molecule has 0 aromatic carbocycles. The molecule has 0 aliphatic carbocycles. The van der Waals surface area contributed by atoms with E-state index in [0.29, 0.717) is 5.92 Å². The molecule has 108 valence electrons. The van der Waals surface area contributed by atoms with Crippen LogP contribution in [0.5, 0.6) is 0 Å². The van der Waals surface area contributed by atoms with Crippen LogP contribution in [0.2, 0.25) is 5.15 Å². The summed E-state index contributed by atoms with van der Waals surface area (Å²) in [5, 5.41) is 2.81. The fourth-order valence-electron chi connectivity index (χ4n) is 1.82. The van der Waals surface area contributed by atoms with Gasteiger partial charge >= 0.3 is 6.18 Å². The first-order valence-electron chi connectivity index (χ1n) is 6.23. The fraction of sp³-hybridized carbons (Fsp3) is 0.615. The van der Waals surface area contributed by atoms with Gasteiger partial charge in [0.25, 0.3) is 0 Å². The molecule has 0 bridgehead atoms. The van der Waals surface area contributed by atoms with Gasteiger partial charge in [0.15, 0.2) is 0 Å². The Bertz CT molecular complexity index is 421. The monoisotopic (exact) mass is 294 g/mol. The van der Waals surface area contributed by atoms with Crippen molar-refractivity contribution in [1.82, 2.24) is 4.98 Å². The van der Waals surface area contributed by atoms with Crippen LogP contribution in [-0.4, -0.2) is 11.0 Å². The van der Waals surface area contributed by atoms with Gasteiger partial charge in [-0.15, -0.1) is 0 Å². The van der Waals surface area contributed by atoms with Gasteiger partial charge in [-0.1, -0.05) is 31.9 Å². The molecule has 2 atom stereocenters. The van der Waals surface area contributed by atoms with Crippen molar-refractivity contribution in [3.05, 3.63) is 22.8 Å². The third-order valence-corrected chi connectivity index (χ3v) is 3.16. The molecule has 1 rings (SSSR count). The van der Waals surface area contributed by atoms with Crippen LogP contribution in [0.15, 0.2) is 12.1 Å². The van der Waals surface area contributed by atoms with Crippen LogP contribution >= 0.6 is 11.6 Å². The third kappa shape index (κ3) is 5.27. The lowest BCUT2D eigenvalue weighted by Crippen LogP contribution is -2.19. The van der Waals surface area contributed by atoms with E-state index >= 15 is 0 Å². The summed E-state index contributed by atoms with van der Waals surface area (Å²) in [5.41, 5.74) is -0.786. The van der Waals surface area contributed by atoms with Gasteiger partial charge < -0.3 is 5.32 Å². The first-order chi connectivity index (χ1) is 8.72. The lowest BCUT2D eigenvalue weighted by Gasteiger charge is -2.19. The van der Waals surface area contributed by atoms with Gasteiger partial charge in [0.05, 0.1) is 5.56 Å². The van der Waals surface area contributed by atoms with E-state index in [1.165, 1.54) is 0 Å². The number of pyridine rings is 1. The minimum absolute atomic E-state index is 0.0435. The second-order valence-electron chi connectivity index (χ2n) is 4.86. The summed E-state index contributed by atoms with van der Waals surface area (Å²) >= 11 is 5.62. The molecule has 0 saturated heterocycles. The average molecular weight is 295 g/mol. The van der Waals surface area contributed by atoms with E-state index in [2.05, 4.69) is 24.1 Å². The highest BCUT2D eigenvalue weighted by Gasteiger charge is 2.31. The van der Waals surface area contributed by atoms with Gasteiger partial charge in [0.2, 0.25) is 0 Å². The van der Waals surface area contributed by atoms with Crippen molar-refractivity contribution in [2.24, 2.45) is 5.92 Å². The summed E-state index contributed by atoms with van der Waals surface area (Å²) in [5.74, 6) is 0.666. The van der Waals surface area contributed by atoms with Crippen LogP contribution in [0.3, 0.4) is 0 Å². The summed E-state index contributed by atoms with van der Waals surface area (Å²) in [4.78, 5) is 3.87. The van der Waals surface area contributed by atoms with Crippen molar-refractivity contribution < 1.29 is 13.2 Å². The minimum atomic E-state index is -4.41. The Kier molecular flexibility index (Phi) is 5.47. The summed E-state index contributed by atoms with van der Waals surface area (Å²) in [6.45, 7) is 6.10. The molecule has 0 amide bonds. The summed E-state index contributed by atoms with van der Waals surface area (Å²) in [6.07, 6.45) is -2.52. The number of hydrogen-bond donors (Lipinski definition) is 1. The highest BCUT2D eigenvalue weighted by molar-refractivity contribution is 6.29. The molecule has 0 spiro atoms. The number of nitrogens with one attached hydrogen (secondary N) is 1. The maximum absolute atomic E-state index is 12.6. The van der Waals surface area contributed by atoms with E-state index in [0.717, 1.165) is 25.0 Å². The molecule has 1 aromatic heterocycles. The molecule has 2 unspecified atom stereocenters. The van der Waals surface area contributed by atoms with Crippen LogP contribution in [0.1, 0.15) is 39.2 Å². The molecule has 0 aliphatic heterocycles. The van der Waals surface area contributed by atoms with Crippen molar-refractivity contribution in [3.63, 3.8) is 0 Å². The van der Waals surface area contributed by atoms with Crippen LogP contribution in [0, 0.1) is 5.92 Å². The van der Waals surface area contributed by atoms with E-state index in [1.54, 1.807) is 0 Å². The fourth-order valence-corrected chi connectivity index (χ4v) is 2.02. The predicted molar refractivity (Wildman–Crippen MR) is 71.4 cm³/mol. The molecule has 6 heteroatoms. The van der Waals surface area contributed by atoms with E-state index in [1.807, 2.05) is 6.92 Å². The third-order valence-electron chi connectivity index (χ3n) is 2.97. The van der Waals surface area contributed by atoms with Crippen LogP contribution in [0.25, 0.3) is 0 Å². The molecule has 19 heavy (non-hydrogen) atoms. The van der Waals surface area contributed by atoms with E-state index < -0.39 is 11.7 Å². The highest BCUT2D eigenvalue weighted by atomic mass is 35.5. The molecule has 1 heterocycles. The first kappa shape index (κ1) is 16.1. The lowest BCUT2D eigenvalue weighted by atomic mass is 10.0. The van der Waals surface area contributed by atoms with Crippen molar-refractivity contribution in [1.29, 1.82) is 0 Å². The Morgan fingerprint density at radius 3 is 2.47 bits per heavy atom. The zero-order chi connectivity index (χ0) is 14.6. The number of aromatic nitrogens is 1. The number of rotatable bonds is 5. The standard InChI is InChI=1S/C13H18ClF3N2/c1-4-8(2)5-9(3)18-12-7-10(13(15,16)17)6-11(14)19-12/h6-9H,4-5H2,1-3H3,(H,18,19). The zero-order valence-corrected chi connectivity index (χ0v) is 11.9. The Morgan fingerprint density at radius 1 is 1.32 bits per heavy atom. The Balaban J connectivity index is 2.81. The van der Waals surface area contributed by atoms with Crippen molar-refractivity contribution in [2.45, 2.75) is 45.8 Å². The Hall–Kier alpha value is -0.970. The van der Waals surface area contributed by atoms with Crippen LogP contribution in [-0.2, 0) is 6.18 Å². The Morgan fingerprint density at radius 2 is 1.95 bits per heavy atom. The first-order valence-corrected chi connectivity index (χ1v) is 6.61. The molecule has 0 aliphatic rings. The zero-order valence-electron chi connectivity index (χ0n) is 11.2.